The Hall–Kier alpha value is -2.34. The van der Waals surface area contributed by atoms with Crippen molar-refractivity contribution in [1.82, 2.24) is 14.8 Å². The Balaban J connectivity index is 1.50. The minimum atomic E-state index is -0.375. The second-order valence-corrected chi connectivity index (χ2v) is 9.15. The fourth-order valence-electron chi connectivity index (χ4n) is 5.75. The van der Waals surface area contributed by atoms with Gasteiger partial charge in [0, 0.05) is 55.5 Å². The predicted octanol–water partition coefficient (Wildman–Crippen LogP) is 3.58. The number of amides is 2. The van der Waals surface area contributed by atoms with Crippen molar-refractivity contribution in [2.24, 2.45) is 5.41 Å². The standard InChI is InChI=1S/C24H31N3O3/c28-22(19-6-5-18-7-11-25-20(18)17-19)27-14-4-8-24(9-15-30-16-10-24)21(27)23(29)26-12-2-1-3-13-26/h5-7,11,17,21,25H,1-4,8-10,12-16H2. The van der Waals surface area contributed by atoms with Gasteiger partial charge in [0.15, 0.2) is 0 Å². The molecule has 2 aromatic rings. The van der Waals surface area contributed by atoms with Gasteiger partial charge in [0.05, 0.1) is 0 Å². The number of carbonyl (C=O) groups excluding carboxylic acids is 2. The van der Waals surface area contributed by atoms with E-state index in [2.05, 4.69) is 4.98 Å². The van der Waals surface area contributed by atoms with Crippen LogP contribution in [-0.2, 0) is 9.53 Å². The Morgan fingerprint density at radius 1 is 0.967 bits per heavy atom. The molecule has 1 spiro atoms. The quantitative estimate of drug-likeness (QED) is 0.824. The van der Waals surface area contributed by atoms with Crippen molar-refractivity contribution in [2.75, 3.05) is 32.8 Å². The maximum absolute atomic E-state index is 13.8. The molecule has 3 aliphatic heterocycles. The smallest absolute Gasteiger partial charge is 0.254 e. The molecule has 4 heterocycles. The van der Waals surface area contributed by atoms with Crippen LogP contribution in [0.15, 0.2) is 30.5 Å². The number of hydrogen-bond donors (Lipinski definition) is 1. The van der Waals surface area contributed by atoms with Crippen molar-refractivity contribution in [3.63, 3.8) is 0 Å². The molecule has 0 radical (unpaired) electrons. The van der Waals surface area contributed by atoms with E-state index >= 15 is 0 Å². The number of ether oxygens (including phenoxy) is 1. The second-order valence-electron chi connectivity index (χ2n) is 9.15. The van der Waals surface area contributed by atoms with E-state index in [1.54, 1.807) is 0 Å². The summed E-state index contributed by atoms with van der Waals surface area (Å²) in [6, 6.07) is 7.43. The summed E-state index contributed by atoms with van der Waals surface area (Å²) < 4.78 is 5.66. The summed E-state index contributed by atoms with van der Waals surface area (Å²) in [6.07, 6.45) is 8.86. The number of aromatic amines is 1. The Bertz CT molecular complexity index is 919. The monoisotopic (exact) mass is 409 g/mol. The van der Waals surface area contributed by atoms with E-state index < -0.39 is 0 Å². The number of fused-ring (bicyclic) bond motifs is 1. The van der Waals surface area contributed by atoms with Gasteiger partial charge in [-0.25, -0.2) is 0 Å². The number of likely N-dealkylation sites (tertiary alicyclic amines) is 2. The van der Waals surface area contributed by atoms with Crippen LogP contribution in [0.25, 0.3) is 10.9 Å². The van der Waals surface area contributed by atoms with Crippen LogP contribution in [0, 0.1) is 5.41 Å². The van der Waals surface area contributed by atoms with Crippen molar-refractivity contribution in [3.8, 4) is 0 Å². The molecule has 3 fully saturated rings. The molecule has 3 saturated heterocycles. The average Bonchev–Trinajstić information content (AvgIpc) is 3.27. The summed E-state index contributed by atoms with van der Waals surface area (Å²) in [5.41, 5.74) is 1.46. The first-order chi connectivity index (χ1) is 14.7. The lowest BCUT2D eigenvalue weighted by Crippen LogP contribution is -2.63. The fraction of sp³-hybridized carbons (Fsp3) is 0.583. The van der Waals surface area contributed by atoms with Crippen molar-refractivity contribution in [3.05, 3.63) is 36.0 Å². The predicted molar refractivity (Wildman–Crippen MR) is 115 cm³/mol. The second kappa shape index (κ2) is 8.06. The van der Waals surface area contributed by atoms with E-state index in [-0.39, 0.29) is 23.3 Å². The molecule has 6 heteroatoms. The van der Waals surface area contributed by atoms with Gasteiger partial charge in [-0.2, -0.15) is 0 Å². The van der Waals surface area contributed by atoms with E-state index in [0.717, 1.165) is 62.5 Å². The molecule has 0 saturated carbocycles. The zero-order chi connectivity index (χ0) is 20.6. The highest BCUT2D eigenvalue weighted by Gasteiger charge is 2.51. The Morgan fingerprint density at radius 2 is 1.77 bits per heavy atom. The maximum Gasteiger partial charge on any atom is 0.254 e. The number of aromatic nitrogens is 1. The summed E-state index contributed by atoms with van der Waals surface area (Å²) in [6.45, 7) is 3.64. The van der Waals surface area contributed by atoms with Gasteiger partial charge < -0.3 is 19.5 Å². The third kappa shape index (κ3) is 3.41. The van der Waals surface area contributed by atoms with Crippen LogP contribution in [0.1, 0.15) is 55.3 Å². The lowest BCUT2D eigenvalue weighted by molar-refractivity contribution is -0.149. The topological polar surface area (TPSA) is 65.6 Å². The van der Waals surface area contributed by atoms with Gasteiger partial charge >= 0.3 is 0 Å². The number of nitrogens with one attached hydrogen (secondary N) is 1. The van der Waals surface area contributed by atoms with Gasteiger partial charge in [-0.15, -0.1) is 0 Å². The molecule has 30 heavy (non-hydrogen) atoms. The van der Waals surface area contributed by atoms with E-state index in [1.807, 2.05) is 40.3 Å². The lowest BCUT2D eigenvalue weighted by Gasteiger charge is -2.52. The first-order valence-corrected chi connectivity index (χ1v) is 11.4. The first kappa shape index (κ1) is 19.6. The Morgan fingerprint density at radius 3 is 2.57 bits per heavy atom. The van der Waals surface area contributed by atoms with Gasteiger partial charge in [-0.05, 0) is 68.5 Å². The van der Waals surface area contributed by atoms with E-state index in [4.69, 9.17) is 4.74 Å². The minimum absolute atomic E-state index is 0.0209. The van der Waals surface area contributed by atoms with Gasteiger partial charge in [-0.1, -0.05) is 6.07 Å². The molecule has 1 N–H and O–H groups in total. The largest absolute Gasteiger partial charge is 0.381 e. The number of piperidine rings is 2. The third-order valence-corrected chi connectivity index (χ3v) is 7.42. The van der Waals surface area contributed by atoms with Crippen LogP contribution >= 0.6 is 0 Å². The molecule has 2 amide bonds. The van der Waals surface area contributed by atoms with Crippen molar-refractivity contribution < 1.29 is 14.3 Å². The number of rotatable bonds is 2. The fourth-order valence-corrected chi connectivity index (χ4v) is 5.75. The van der Waals surface area contributed by atoms with Gasteiger partial charge in [0.2, 0.25) is 5.91 Å². The number of hydrogen-bond acceptors (Lipinski definition) is 3. The molecular formula is C24H31N3O3. The molecule has 160 valence electrons. The van der Waals surface area contributed by atoms with Crippen molar-refractivity contribution >= 4 is 22.7 Å². The minimum Gasteiger partial charge on any atom is -0.381 e. The van der Waals surface area contributed by atoms with E-state index in [9.17, 15) is 9.59 Å². The lowest BCUT2D eigenvalue weighted by atomic mass is 9.67. The van der Waals surface area contributed by atoms with Crippen molar-refractivity contribution in [2.45, 2.75) is 51.0 Å². The first-order valence-electron chi connectivity index (χ1n) is 11.4. The van der Waals surface area contributed by atoms with Gasteiger partial charge in [0.25, 0.3) is 5.91 Å². The summed E-state index contributed by atoms with van der Waals surface area (Å²) in [4.78, 5) is 34.6. The number of nitrogens with zero attached hydrogens (tertiary/aromatic N) is 2. The third-order valence-electron chi connectivity index (χ3n) is 7.42. The highest BCUT2D eigenvalue weighted by molar-refractivity contribution is 6.00. The summed E-state index contributed by atoms with van der Waals surface area (Å²) in [5.74, 6) is 0.137. The molecule has 1 unspecified atom stereocenters. The number of H-pyrrole nitrogens is 1. The molecular weight excluding hydrogens is 378 g/mol. The number of carbonyl (C=O) groups is 2. The summed E-state index contributed by atoms with van der Waals surface area (Å²) in [7, 11) is 0. The SMILES string of the molecule is O=C(C1N(C(=O)c2ccc3cc[nH]c3c2)CCCC12CCOCC2)N1CCCCC1. The number of benzene rings is 1. The zero-order valence-electron chi connectivity index (χ0n) is 17.6. The van der Waals surface area contributed by atoms with E-state index in [1.165, 1.54) is 6.42 Å². The summed E-state index contributed by atoms with van der Waals surface area (Å²) >= 11 is 0. The summed E-state index contributed by atoms with van der Waals surface area (Å²) in [5, 5.41) is 1.09. The van der Waals surface area contributed by atoms with Crippen LogP contribution in [0.5, 0.6) is 0 Å². The Kier molecular flexibility index (Phi) is 5.27. The molecule has 0 bridgehead atoms. The molecule has 1 aromatic heterocycles. The van der Waals surface area contributed by atoms with Crippen LogP contribution in [0.4, 0.5) is 0 Å². The maximum atomic E-state index is 13.8. The molecule has 6 nitrogen and oxygen atoms in total. The van der Waals surface area contributed by atoms with Gasteiger partial charge in [-0.3, -0.25) is 9.59 Å². The molecule has 3 aliphatic rings. The highest BCUT2D eigenvalue weighted by atomic mass is 16.5. The highest BCUT2D eigenvalue weighted by Crippen LogP contribution is 2.45. The zero-order valence-corrected chi connectivity index (χ0v) is 17.6. The van der Waals surface area contributed by atoms with Crippen molar-refractivity contribution in [1.29, 1.82) is 0 Å². The van der Waals surface area contributed by atoms with Gasteiger partial charge in [0.1, 0.15) is 6.04 Å². The normalized spacial score (nSPS) is 24.3. The molecule has 5 rings (SSSR count). The van der Waals surface area contributed by atoms with E-state index in [0.29, 0.717) is 25.3 Å². The van der Waals surface area contributed by atoms with Crippen LogP contribution in [0.2, 0.25) is 0 Å². The molecule has 1 atom stereocenters. The Labute approximate surface area is 177 Å². The molecule has 0 aliphatic carbocycles. The van der Waals surface area contributed by atoms with Crippen LogP contribution in [-0.4, -0.2) is 65.5 Å². The van der Waals surface area contributed by atoms with Crippen LogP contribution < -0.4 is 0 Å². The van der Waals surface area contributed by atoms with Crippen LogP contribution in [0.3, 0.4) is 0 Å². The molecule has 1 aromatic carbocycles. The average molecular weight is 410 g/mol.